The van der Waals surface area contributed by atoms with Crippen molar-refractivity contribution < 1.29 is 4.74 Å². The molecule has 0 aliphatic rings. The quantitative estimate of drug-likeness (QED) is 0.908. The Balaban J connectivity index is 2.04. The van der Waals surface area contributed by atoms with Crippen molar-refractivity contribution in [3.8, 4) is 5.75 Å². The lowest BCUT2D eigenvalue weighted by Gasteiger charge is -2.13. The number of benzene rings is 1. The van der Waals surface area contributed by atoms with Crippen LogP contribution in [0.15, 0.2) is 23.6 Å². The van der Waals surface area contributed by atoms with Gasteiger partial charge in [-0.2, -0.15) is 0 Å². The predicted octanol–water partition coefficient (Wildman–Crippen LogP) is 4.37. The summed E-state index contributed by atoms with van der Waals surface area (Å²) in [5.41, 5.74) is 3.51. The number of aryl methyl sites for hydroxylation is 1. The molecule has 2 aromatic rings. The third-order valence-corrected chi connectivity index (χ3v) is 4.40. The van der Waals surface area contributed by atoms with Gasteiger partial charge in [0.05, 0.1) is 24.4 Å². The Morgan fingerprint density at radius 1 is 1.30 bits per heavy atom. The smallest absolute Gasteiger partial charge is 0.119 e. The van der Waals surface area contributed by atoms with Gasteiger partial charge in [-0.15, -0.1) is 11.3 Å². The Bertz CT molecular complexity index is 584. The highest BCUT2D eigenvalue weighted by molar-refractivity contribution is 7.09. The molecule has 0 saturated carbocycles. The van der Waals surface area contributed by atoms with E-state index in [4.69, 9.17) is 9.72 Å². The van der Waals surface area contributed by atoms with Crippen LogP contribution in [0.3, 0.4) is 0 Å². The molecule has 1 heterocycles. The Kier molecular flexibility index (Phi) is 4.33. The molecule has 1 aromatic heterocycles. The lowest BCUT2D eigenvalue weighted by atomic mass is 9.98. The van der Waals surface area contributed by atoms with Gasteiger partial charge in [-0.1, -0.05) is 20.8 Å². The van der Waals surface area contributed by atoms with Crippen molar-refractivity contribution in [2.24, 2.45) is 0 Å². The van der Waals surface area contributed by atoms with Crippen LogP contribution in [0.2, 0.25) is 0 Å². The summed E-state index contributed by atoms with van der Waals surface area (Å²) < 4.78 is 5.22. The molecule has 20 heavy (non-hydrogen) atoms. The van der Waals surface area contributed by atoms with Crippen LogP contribution in [-0.2, 0) is 12.0 Å². The molecule has 1 N–H and O–H groups in total. The van der Waals surface area contributed by atoms with Crippen LogP contribution in [0.1, 0.15) is 37.0 Å². The standard InChI is InChI=1S/C16H22N2OS/c1-11-8-13(19-5)6-7-14(11)17-9-12-10-20-15(18-12)16(2,3)4/h6-8,10,17H,9H2,1-5H3. The SMILES string of the molecule is COc1ccc(NCc2csc(C(C)(C)C)n2)c(C)c1. The van der Waals surface area contributed by atoms with Crippen molar-refractivity contribution in [3.63, 3.8) is 0 Å². The molecule has 0 unspecified atom stereocenters. The van der Waals surface area contributed by atoms with Crippen LogP contribution in [-0.4, -0.2) is 12.1 Å². The molecular formula is C16H22N2OS. The zero-order chi connectivity index (χ0) is 14.8. The molecule has 1 aromatic carbocycles. The van der Waals surface area contributed by atoms with Crippen molar-refractivity contribution in [1.82, 2.24) is 4.98 Å². The molecule has 0 amide bonds. The summed E-state index contributed by atoms with van der Waals surface area (Å²) in [6.45, 7) is 9.40. The summed E-state index contributed by atoms with van der Waals surface area (Å²) in [5.74, 6) is 0.886. The maximum absolute atomic E-state index is 5.22. The Hall–Kier alpha value is -1.55. The van der Waals surface area contributed by atoms with Crippen LogP contribution in [0.5, 0.6) is 5.75 Å². The van der Waals surface area contributed by atoms with Crippen molar-refractivity contribution in [2.75, 3.05) is 12.4 Å². The zero-order valence-corrected chi connectivity index (χ0v) is 13.6. The first kappa shape index (κ1) is 14.9. The van der Waals surface area contributed by atoms with Gasteiger partial charge in [0.25, 0.3) is 0 Å². The van der Waals surface area contributed by atoms with Gasteiger partial charge in [0.15, 0.2) is 0 Å². The Morgan fingerprint density at radius 2 is 2.05 bits per heavy atom. The molecule has 0 aliphatic carbocycles. The highest BCUT2D eigenvalue weighted by atomic mass is 32.1. The van der Waals surface area contributed by atoms with Gasteiger partial charge in [0.2, 0.25) is 0 Å². The number of nitrogens with one attached hydrogen (secondary N) is 1. The maximum Gasteiger partial charge on any atom is 0.119 e. The van der Waals surface area contributed by atoms with E-state index in [1.54, 1.807) is 18.4 Å². The normalized spacial score (nSPS) is 11.4. The van der Waals surface area contributed by atoms with E-state index in [0.717, 1.165) is 23.7 Å². The van der Waals surface area contributed by atoms with E-state index in [-0.39, 0.29) is 5.41 Å². The molecule has 0 bridgehead atoms. The summed E-state index contributed by atoms with van der Waals surface area (Å²) in [7, 11) is 1.69. The highest BCUT2D eigenvalue weighted by Gasteiger charge is 2.17. The van der Waals surface area contributed by atoms with Crippen molar-refractivity contribution in [2.45, 2.75) is 39.7 Å². The number of ether oxygens (including phenoxy) is 1. The monoisotopic (exact) mass is 290 g/mol. The number of hydrogen-bond donors (Lipinski definition) is 1. The van der Waals surface area contributed by atoms with Gasteiger partial charge in [0.1, 0.15) is 5.75 Å². The van der Waals surface area contributed by atoms with Gasteiger partial charge in [-0.3, -0.25) is 0 Å². The van der Waals surface area contributed by atoms with Gasteiger partial charge in [-0.25, -0.2) is 4.98 Å². The van der Waals surface area contributed by atoms with E-state index < -0.39 is 0 Å². The van der Waals surface area contributed by atoms with E-state index in [1.165, 1.54) is 10.6 Å². The van der Waals surface area contributed by atoms with Gasteiger partial charge >= 0.3 is 0 Å². The average Bonchev–Trinajstić information content (AvgIpc) is 2.86. The van der Waals surface area contributed by atoms with Crippen LogP contribution >= 0.6 is 11.3 Å². The van der Waals surface area contributed by atoms with E-state index in [0.29, 0.717) is 0 Å². The number of nitrogens with zero attached hydrogens (tertiary/aromatic N) is 1. The molecule has 0 radical (unpaired) electrons. The number of methoxy groups -OCH3 is 1. The fourth-order valence-corrected chi connectivity index (χ4v) is 2.79. The van der Waals surface area contributed by atoms with Crippen LogP contribution in [0.25, 0.3) is 0 Å². The minimum Gasteiger partial charge on any atom is -0.497 e. The second kappa shape index (κ2) is 5.83. The lowest BCUT2D eigenvalue weighted by molar-refractivity contribution is 0.414. The number of anilines is 1. The second-order valence-corrected chi connectivity index (χ2v) is 6.79. The molecule has 0 aliphatic heterocycles. The summed E-state index contributed by atoms with van der Waals surface area (Å²) in [6.07, 6.45) is 0. The predicted molar refractivity (Wildman–Crippen MR) is 85.9 cm³/mol. The first-order valence-electron chi connectivity index (χ1n) is 6.73. The zero-order valence-electron chi connectivity index (χ0n) is 12.8. The van der Waals surface area contributed by atoms with Crippen molar-refractivity contribution in [1.29, 1.82) is 0 Å². The fraction of sp³-hybridized carbons (Fsp3) is 0.438. The summed E-state index contributed by atoms with van der Waals surface area (Å²) >= 11 is 1.73. The van der Waals surface area contributed by atoms with E-state index in [2.05, 4.69) is 38.4 Å². The topological polar surface area (TPSA) is 34.1 Å². The molecule has 3 nitrogen and oxygen atoms in total. The first-order valence-corrected chi connectivity index (χ1v) is 7.61. The average molecular weight is 290 g/mol. The third kappa shape index (κ3) is 3.51. The minimum atomic E-state index is 0.124. The van der Waals surface area contributed by atoms with E-state index in [9.17, 15) is 0 Å². The molecule has 0 atom stereocenters. The van der Waals surface area contributed by atoms with Gasteiger partial charge < -0.3 is 10.1 Å². The first-order chi connectivity index (χ1) is 9.40. The molecular weight excluding hydrogens is 268 g/mol. The van der Waals surface area contributed by atoms with E-state index >= 15 is 0 Å². The molecule has 0 fully saturated rings. The number of hydrogen-bond acceptors (Lipinski definition) is 4. The fourth-order valence-electron chi connectivity index (χ4n) is 1.88. The Morgan fingerprint density at radius 3 is 2.60 bits per heavy atom. The maximum atomic E-state index is 5.22. The lowest BCUT2D eigenvalue weighted by Crippen LogP contribution is -2.11. The van der Waals surface area contributed by atoms with Crippen molar-refractivity contribution >= 4 is 17.0 Å². The molecule has 108 valence electrons. The second-order valence-electron chi connectivity index (χ2n) is 5.93. The summed E-state index contributed by atoms with van der Waals surface area (Å²) in [4.78, 5) is 4.69. The van der Waals surface area contributed by atoms with Crippen LogP contribution in [0.4, 0.5) is 5.69 Å². The summed E-state index contributed by atoms with van der Waals surface area (Å²) in [5, 5.41) is 6.75. The number of rotatable bonds is 4. The molecule has 4 heteroatoms. The molecule has 2 rings (SSSR count). The summed E-state index contributed by atoms with van der Waals surface area (Å²) in [6, 6.07) is 6.05. The number of aromatic nitrogens is 1. The third-order valence-electron chi connectivity index (χ3n) is 3.09. The minimum absolute atomic E-state index is 0.124. The van der Waals surface area contributed by atoms with E-state index in [1.807, 2.05) is 18.2 Å². The largest absolute Gasteiger partial charge is 0.497 e. The number of thiazole rings is 1. The van der Waals surface area contributed by atoms with Gasteiger partial charge in [0, 0.05) is 16.5 Å². The molecule has 0 saturated heterocycles. The highest BCUT2D eigenvalue weighted by Crippen LogP contribution is 2.26. The molecule has 0 spiro atoms. The van der Waals surface area contributed by atoms with Crippen LogP contribution in [0, 0.1) is 6.92 Å². The van der Waals surface area contributed by atoms with Crippen LogP contribution < -0.4 is 10.1 Å². The van der Waals surface area contributed by atoms with Gasteiger partial charge in [-0.05, 0) is 30.7 Å². The Labute approximate surface area is 125 Å². The van der Waals surface area contributed by atoms with Crippen molar-refractivity contribution in [3.05, 3.63) is 39.8 Å².